The lowest BCUT2D eigenvalue weighted by Gasteiger charge is -2.22. The summed E-state index contributed by atoms with van der Waals surface area (Å²) in [5.41, 5.74) is 13.2. The van der Waals surface area contributed by atoms with Gasteiger partial charge < -0.3 is 11.1 Å². The maximum Gasteiger partial charge on any atom is 0.0821 e. The number of nitrogens with zero attached hydrogens (tertiary/aromatic N) is 1. The quantitative estimate of drug-likeness (QED) is 0.277. The molecule has 0 spiro atoms. The van der Waals surface area contributed by atoms with E-state index in [4.69, 9.17) is 5.73 Å². The second-order valence-electron chi connectivity index (χ2n) is 8.92. The predicted molar refractivity (Wildman–Crippen MR) is 143 cm³/mol. The standard InChI is InChI=1S/C29H45N3/c1-9-13-26(15-12-18-30)22(6)19-25(11-3)27(14-10-2)20-29(21(4)5)32-24(8)28-17-16-23(7)31-28/h10-11,14,17,19-20,22,26,32H,3,8-9,12-13,15-16,18,30H2,1-2,4-7H3/b14-10-,25-19+,27-20+. The summed E-state index contributed by atoms with van der Waals surface area (Å²) >= 11 is 0. The van der Waals surface area contributed by atoms with E-state index in [1.54, 1.807) is 0 Å². The zero-order valence-electron chi connectivity index (χ0n) is 21.3. The van der Waals surface area contributed by atoms with Crippen LogP contribution in [0.1, 0.15) is 73.6 Å². The van der Waals surface area contributed by atoms with Gasteiger partial charge in [0, 0.05) is 17.8 Å². The Balaban J connectivity index is 3.24. The first-order chi connectivity index (χ1) is 15.3. The molecule has 0 amide bonds. The van der Waals surface area contributed by atoms with E-state index < -0.39 is 0 Å². The van der Waals surface area contributed by atoms with Crippen molar-refractivity contribution in [2.24, 2.45) is 22.6 Å². The minimum absolute atomic E-state index is 0.460. The molecule has 0 aromatic carbocycles. The molecule has 176 valence electrons. The van der Waals surface area contributed by atoms with E-state index in [1.807, 2.05) is 13.0 Å². The topological polar surface area (TPSA) is 50.4 Å². The summed E-state index contributed by atoms with van der Waals surface area (Å²) in [6, 6.07) is 0. The fourth-order valence-corrected chi connectivity index (χ4v) is 3.95. The van der Waals surface area contributed by atoms with E-state index in [0.29, 0.717) is 11.8 Å². The van der Waals surface area contributed by atoms with Crippen molar-refractivity contribution >= 4 is 5.71 Å². The van der Waals surface area contributed by atoms with Crippen molar-refractivity contribution in [3.63, 3.8) is 0 Å². The van der Waals surface area contributed by atoms with Crippen molar-refractivity contribution in [3.8, 4) is 0 Å². The smallest absolute Gasteiger partial charge is 0.0821 e. The second-order valence-corrected chi connectivity index (χ2v) is 8.92. The fourth-order valence-electron chi connectivity index (χ4n) is 3.95. The molecule has 1 aliphatic rings. The largest absolute Gasteiger partial charge is 0.354 e. The number of hydrogen-bond acceptors (Lipinski definition) is 3. The van der Waals surface area contributed by atoms with Crippen LogP contribution in [0.4, 0.5) is 0 Å². The molecule has 0 saturated carbocycles. The van der Waals surface area contributed by atoms with Crippen LogP contribution in [-0.4, -0.2) is 12.3 Å². The van der Waals surface area contributed by atoms with Crippen LogP contribution in [0, 0.1) is 11.8 Å². The van der Waals surface area contributed by atoms with E-state index in [1.165, 1.54) is 24.8 Å². The molecule has 0 saturated heterocycles. The summed E-state index contributed by atoms with van der Waals surface area (Å²) in [5.74, 6) is 1.10. The molecular formula is C29H45N3. The molecule has 0 fully saturated rings. The van der Waals surface area contributed by atoms with Crippen LogP contribution in [0.3, 0.4) is 0 Å². The Hall–Kier alpha value is -2.39. The predicted octanol–water partition coefficient (Wildman–Crippen LogP) is 7.54. The highest BCUT2D eigenvalue weighted by atomic mass is 14.9. The van der Waals surface area contributed by atoms with Crippen LogP contribution in [-0.2, 0) is 0 Å². The highest BCUT2D eigenvalue weighted by molar-refractivity contribution is 5.87. The number of nitrogens with two attached hydrogens (primary N) is 1. The molecule has 0 aromatic rings. The van der Waals surface area contributed by atoms with E-state index in [2.05, 4.69) is 88.5 Å². The molecule has 2 unspecified atom stereocenters. The van der Waals surface area contributed by atoms with Crippen molar-refractivity contribution < 1.29 is 0 Å². The SMILES string of the molecule is C=CC(=C\C(C)C(CCC)CCCN)/C(/C=C\C)=C/C(NC(=C)C1=CCC(C)=N1)=C(C)C. The number of allylic oxidation sites excluding steroid dienone is 9. The second kappa shape index (κ2) is 14.6. The Morgan fingerprint density at radius 1 is 1.28 bits per heavy atom. The minimum Gasteiger partial charge on any atom is -0.354 e. The molecule has 3 heteroatoms. The zero-order chi connectivity index (χ0) is 24.1. The number of aliphatic imine (C=N–C) groups is 1. The summed E-state index contributed by atoms with van der Waals surface area (Å²) in [5, 5.41) is 3.50. The molecule has 0 aromatic heterocycles. The van der Waals surface area contributed by atoms with Gasteiger partial charge in [-0.15, -0.1) is 0 Å². The van der Waals surface area contributed by atoms with Gasteiger partial charge in [-0.25, -0.2) is 0 Å². The first-order valence-corrected chi connectivity index (χ1v) is 12.0. The summed E-state index contributed by atoms with van der Waals surface area (Å²) in [6.07, 6.45) is 18.5. The lowest BCUT2D eigenvalue weighted by molar-refractivity contribution is 0.355. The third-order valence-corrected chi connectivity index (χ3v) is 5.86. The lowest BCUT2D eigenvalue weighted by atomic mass is 9.84. The van der Waals surface area contributed by atoms with Crippen LogP contribution in [0.15, 0.2) is 88.4 Å². The average molecular weight is 436 g/mol. The van der Waals surface area contributed by atoms with E-state index in [0.717, 1.165) is 53.3 Å². The van der Waals surface area contributed by atoms with E-state index >= 15 is 0 Å². The summed E-state index contributed by atoms with van der Waals surface area (Å²) in [6.45, 7) is 22.0. The molecule has 3 nitrogen and oxygen atoms in total. The molecule has 1 heterocycles. The van der Waals surface area contributed by atoms with Crippen LogP contribution in [0.25, 0.3) is 0 Å². The third-order valence-electron chi connectivity index (χ3n) is 5.86. The molecule has 2 atom stereocenters. The molecule has 32 heavy (non-hydrogen) atoms. The number of hydrogen-bond donors (Lipinski definition) is 2. The van der Waals surface area contributed by atoms with Crippen LogP contribution < -0.4 is 11.1 Å². The van der Waals surface area contributed by atoms with Crippen molar-refractivity contribution in [2.45, 2.75) is 73.6 Å². The first kappa shape index (κ1) is 27.6. The Kier molecular flexibility index (Phi) is 12.6. The fraction of sp³-hybridized carbons (Fsp3) is 0.483. The molecule has 0 radical (unpaired) electrons. The van der Waals surface area contributed by atoms with Crippen molar-refractivity contribution in [3.05, 3.63) is 83.4 Å². The molecule has 0 bridgehead atoms. The average Bonchev–Trinajstić information content (AvgIpc) is 3.20. The molecule has 1 rings (SSSR count). The summed E-state index contributed by atoms with van der Waals surface area (Å²) < 4.78 is 0. The first-order valence-electron chi connectivity index (χ1n) is 12.0. The Bertz CT molecular complexity index is 826. The monoisotopic (exact) mass is 435 g/mol. The van der Waals surface area contributed by atoms with Gasteiger partial charge in [0.2, 0.25) is 0 Å². The number of rotatable bonds is 14. The molecule has 3 N–H and O–H groups in total. The Labute approximate surface area is 197 Å². The maximum atomic E-state index is 5.78. The zero-order valence-corrected chi connectivity index (χ0v) is 21.3. The van der Waals surface area contributed by atoms with Gasteiger partial charge in [-0.3, -0.25) is 4.99 Å². The van der Waals surface area contributed by atoms with Crippen LogP contribution >= 0.6 is 0 Å². The summed E-state index contributed by atoms with van der Waals surface area (Å²) in [7, 11) is 0. The Morgan fingerprint density at radius 2 is 2.00 bits per heavy atom. The van der Waals surface area contributed by atoms with E-state index in [-0.39, 0.29) is 0 Å². The van der Waals surface area contributed by atoms with Crippen LogP contribution in [0.2, 0.25) is 0 Å². The van der Waals surface area contributed by atoms with Gasteiger partial charge in [0.1, 0.15) is 0 Å². The maximum absolute atomic E-state index is 5.78. The van der Waals surface area contributed by atoms with Gasteiger partial charge in [0.05, 0.1) is 11.4 Å². The third kappa shape index (κ3) is 9.00. The van der Waals surface area contributed by atoms with Crippen molar-refractivity contribution in [1.29, 1.82) is 0 Å². The Morgan fingerprint density at radius 3 is 2.50 bits per heavy atom. The van der Waals surface area contributed by atoms with Gasteiger partial charge in [-0.05, 0) is 76.1 Å². The van der Waals surface area contributed by atoms with Gasteiger partial charge in [0.15, 0.2) is 0 Å². The molecular weight excluding hydrogens is 390 g/mol. The normalized spacial score (nSPS) is 16.5. The lowest BCUT2D eigenvalue weighted by Crippen LogP contribution is -2.14. The van der Waals surface area contributed by atoms with Gasteiger partial charge in [-0.1, -0.05) is 75.8 Å². The van der Waals surface area contributed by atoms with Gasteiger partial charge in [0.25, 0.3) is 0 Å². The molecule has 0 aliphatic carbocycles. The minimum atomic E-state index is 0.460. The van der Waals surface area contributed by atoms with Gasteiger partial charge in [-0.2, -0.15) is 0 Å². The van der Waals surface area contributed by atoms with E-state index in [9.17, 15) is 0 Å². The van der Waals surface area contributed by atoms with Crippen LogP contribution in [0.5, 0.6) is 0 Å². The number of nitrogens with one attached hydrogen (secondary N) is 1. The van der Waals surface area contributed by atoms with Crippen molar-refractivity contribution in [2.75, 3.05) is 6.54 Å². The van der Waals surface area contributed by atoms with Crippen molar-refractivity contribution in [1.82, 2.24) is 5.32 Å². The van der Waals surface area contributed by atoms with Gasteiger partial charge >= 0.3 is 0 Å². The highest BCUT2D eigenvalue weighted by Gasteiger charge is 2.16. The summed E-state index contributed by atoms with van der Waals surface area (Å²) in [4.78, 5) is 4.59. The molecule has 1 aliphatic heterocycles. The highest BCUT2D eigenvalue weighted by Crippen LogP contribution is 2.28.